The fourth-order valence-corrected chi connectivity index (χ4v) is 2.53. The number of unbranched alkanes of at least 4 members (excludes halogenated alkanes) is 7. The zero-order valence-electron chi connectivity index (χ0n) is 13.8. The first-order valence-electron chi connectivity index (χ1n) is 8.56. The minimum absolute atomic E-state index is 0.930. The molecule has 116 valence electrons. The number of hydrogen-bond donors (Lipinski definition) is 0. The van der Waals surface area contributed by atoms with Crippen molar-refractivity contribution >= 4 is 0 Å². The average Bonchev–Trinajstić information content (AvgIpc) is 2.42. The number of rotatable bonds is 15. The first-order valence-corrected chi connectivity index (χ1v) is 8.56. The van der Waals surface area contributed by atoms with Crippen LogP contribution in [0.2, 0.25) is 0 Å². The molecule has 0 aliphatic heterocycles. The number of ether oxygens (including phenoxy) is 1. The molecule has 0 heterocycles. The van der Waals surface area contributed by atoms with Gasteiger partial charge in [-0.2, -0.15) is 0 Å². The van der Waals surface area contributed by atoms with Crippen LogP contribution in [0.25, 0.3) is 0 Å². The second-order valence-corrected chi connectivity index (χ2v) is 5.66. The lowest BCUT2D eigenvalue weighted by atomic mass is 10.1. The van der Waals surface area contributed by atoms with Gasteiger partial charge in [-0.25, -0.2) is 0 Å². The van der Waals surface area contributed by atoms with Gasteiger partial charge in [-0.3, -0.25) is 0 Å². The Kier molecular flexibility index (Phi) is 15.9. The Hall–Kier alpha value is -0.0800. The van der Waals surface area contributed by atoms with E-state index < -0.39 is 0 Å². The molecule has 0 aliphatic carbocycles. The molecule has 0 N–H and O–H groups in total. The molecular weight excluding hydrogens is 234 g/mol. The van der Waals surface area contributed by atoms with Crippen LogP contribution in [0.5, 0.6) is 0 Å². The summed E-state index contributed by atoms with van der Waals surface area (Å²) in [7, 11) is 1.79. The molecule has 0 unspecified atom stereocenters. The third-order valence-electron chi connectivity index (χ3n) is 3.69. The maximum atomic E-state index is 5.07. The lowest BCUT2D eigenvalue weighted by molar-refractivity contribution is 0.191. The summed E-state index contributed by atoms with van der Waals surface area (Å²) in [6, 6.07) is 0. The summed E-state index contributed by atoms with van der Waals surface area (Å²) >= 11 is 0. The predicted octanol–water partition coefficient (Wildman–Crippen LogP) is 4.88. The molecule has 0 saturated heterocycles. The molecular formula is C17H37NO. The van der Waals surface area contributed by atoms with Crippen LogP contribution in [0.3, 0.4) is 0 Å². The van der Waals surface area contributed by atoms with Crippen LogP contribution in [-0.2, 0) is 4.74 Å². The molecule has 0 aromatic carbocycles. The smallest absolute Gasteiger partial charge is 0.0462 e. The van der Waals surface area contributed by atoms with E-state index >= 15 is 0 Å². The van der Waals surface area contributed by atoms with Crippen molar-refractivity contribution in [3.8, 4) is 0 Å². The molecule has 2 nitrogen and oxygen atoms in total. The first kappa shape index (κ1) is 18.9. The zero-order valence-corrected chi connectivity index (χ0v) is 13.8. The third-order valence-corrected chi connectivity index (χ3v) is 3.69. The molecule has 0 saturated carbocycles. The lowest BCUT2D eigenvalue weighted by Crippen LogP contribution is -2.27. The van der Waals surface area contributed by atoms with E-state index in [0.717, 1.165) is 6.61 Å². The summed E-state index contributed by atoms with van der Waals surface area (Å²) in [5.41, 5.74) is 0. The number of nitrogens with zero attached hydrogens (tertiary/aromatic N) is 1. The molecule has 0 aliphatic rings. The Morgan fingerprint density at radius 2 is 1.21 bits per heavy atom. The van der Waals surface area contributed by atoms with Crippen molar-refractivity contribution in [2.45, 2.75) is 78.1 Å². The highest BCUT2D eigenvalue weighted by Crippen LogP contribution is 2.07. The minimum Gasteiger partial charge on any atom is -0.385 e. The topological polar surface area (TPSA) is 12.5 Å². The van der Waals surface area contributed by atoms with E-state index in [4.69, 9.17) is 4.74 Å². The summed E-state index contributed by atoms with van der Waals surface area (Å²) in [4.78, 5) is 2.67. The summed E-state index contributed by atoms with van der Waals surface area (Å²) in [5.74, 6) is 0. The molecule has 2 heteroatoms. The molecule has 0 fully saturated rings. The van der Waals surface area contributed by atoms with Gasteiger partial charge in [-0.1, -0.05) is 52.4 Å². The second-order valence-electron chi connectivity index (χ2n) is 5.66. The molecule has 0 aromatic rings. The summed E-state index contributed by atoms with van der Waals surface area (Å²) in [6.07, 6.45) is 13.5. The van der Waals surface area contributed by atoms with Crippen LogP contribution in [0.15, 0.2) is 0 Å². The highest BCUT2D eigenvalue weighted by molar-refractivity contribution is 4.58. The maximum Gasteiger partial charge on any atom is 0.0462 e. The predicted molar refractivity (Wildman–Crippen MR) is 85.8 cm³/mol. The summed E-state index contributed by atoms with van der Waals surface area (Å²) < 4.78 is 5.07. The minimum atomic E-state index is 0.930. The van der Waals surface area contributed by atoms with Gasteiger partial charge >= 0.3 is 0 Å². The number of hydrogen-bond acceptors (Lipinski definition) is 2. The van der Waals surface area contributed by atoms with E-state index in [1.54, 1.807) is 7.11 Å². The number of methoxy groups -OCH3 is 1. The van der Waals surface area contributed by atoms with Crippen molar-refractivity contribution in [1.29, 1.82) is 0 Å². The van der Waals surface area contributed by atoms with Crippen LogP contribution in [0.4, 0.5) is 0 Å². The van der Waals surface area contributed by atoms with Gasteiger partial charge in [-0.15, -0.1) is 0 Å². The molecule has 0 aromatic heterocycles. The summed E-state index contributed by atoms with van der Waals surface area (Å²) in [6.45, 7) is 9.42. The van der Waals surface area contributed by atoms with Gasteiger partial charge in [0.2, 0.25) is 0 Å². The fraction of sp³-hybridized carbons (Fsp3) is 1.00. The molecule has 0 bridgehead atoms. The zero-order chi connectivity index (χ0) is 14.2. The molecule has 0 rings (SSSR count). The van der Waals surface area contributed by atoms with Crippen LogP contribution < -0.4 is 0 Å². The highest BCUT2D eigenvalue weighted by atomic mass is 16.5. The molecule has 0 atom stereocenters. The molecule has 0 radical (unpaired) electrons. The van der Waals surface area contributed by atoms with Crippen LogP contribution in [0.1, 0.15) is 78.1 Å². The van der Waals surface area contributed by atoms with Crippen molar-refractivity contribution in [3.63, 3.8) is 0 Å². The fourth-order valence-electron chi connectivity index (χ4n) is 2.53. The van der Waals surface area contributed by atoms with Gasteiger partial charge in [0.1, 0.15) is 0 Å². The van der Waals surface area contributed by atoms with E-state index in [1.165, 1.54) is 83.8 Å². The van der Waals surface area contributed by atoms with Crippen molar-refractivity contribution in [1.82, 2.24) is 4.90 Å². The average molecular weight is 271 g/mol. The standard InChI is InChI=1S/C17H37NO/c1-4-6-7-11-15-18(14-5-2)16-12-9-8-10-13-17-19-3/h4-17H2,1-3H3. The van der Waals surface area contributed by atoms with Gasteiger partial charge in [0, 0.05) is 13.7 Å². The third kappa shape index (κ3) is 14.1. The van der Waals surface area contributed by atoms with Crippen molar-refractivity contribution < 1.29 is 4.74 Å². The van der Waals surface area contributed by atoms with Gasteiger partial charge < -0.3 is 9.64 Å². The molecule has 0 spiro atoms. The van der Waals surface area contributed by atoms with Crippen molar-refractivity contribution in [3.05, 3.63) is 0 Å². The van der Waals surface area contributed by atoms with E-state index in [0.29, 0.717) is 0 Å². The van der Waals surface area contributed by atoms with Crippen molar-refractivity contribution in [2.24, 2.45) is 0 Å². The second kappa shape index (κ2) is 16.0. The van der Waals surface area contributed by atoms with Crippen LogP contribution >= 0.6 is 0 Å². The van der Waals surface area contributed by atoms with E-state index in [-0.39, 0.29) is 0 Å². The Balaban J connectivity index is 3.42. The normalized spacial score (nSPS) is 11.4. The highest BCUT2D eigenvalue weighted by Gasteiger charge is 2.03. The lowest BCUT2D eigenvalue weighted by Gasteiger charge is -2.21. The van der Waals surface area contributed by atoms with Crippen LogP contribution in [0, 0.1) is 0 Å². The monoisotopic (exact) mass is 271 g/mol. The van der Waals surface area contributed by atoms with Crippen LogP contribution in [-0.4, -0.2) is 38.3 Å². The van der Waals surface area contributed by atoms with E-state index in [1.807, 2.05) is 0 Å². The van der Waals surface area contributed by atoms with Gasteiger partial charge in [-0.05, 0) is 45.3 Å². The van der Waals surface area contributed by atoms with Gasteiger partial charge in [0.15, 0.2) is 0 Å². The van der Waals surface area contributed by atoms with E-state index in [9.17, 15) is 0 Å². The Bertz CT molecular complexity index is 161. The largest absolute Gasteiger partial charge is 0.385 e. The van der Waals surface area contributed by atoms with Gasteiger partial charge in [0.05, 0.1) is 0 Å². The summed E-state index contributed by atoms with van der Waals surface area (Å²) in [5, 5.41) is 0. The molecule has 19 heavy (non-hydrogen) atoms. The SMILES string of the molecule is CCCCCCN(CCC)CCCCCCCOC. The Morgan fingerprint density at radius 1 is 0.632 bits per heavy atom. The Morgan fingerprint density at radius 3 is 1.79 bits per heavy atom. The maximum absolute atomic E-state index is 5.07. The van der Waals surface area contributed by atoms with Gasteiger partial charge in [0.25, 0.3) is 0 Å². The van der Waals surface area contributed by atoms with E-state index in [2.05, 4.69) is 18.7 Å². The molecule has 0 amide bonds. The Labute approximate surface area is 121 Å². The van der Waals surface area contributed by atoms with Crippen molar-refractivity contribution in [2.75, 3.05) is 33.4 Å². The quantitative estimate of drug-likeness (QED) is 0.394. The first-order chi connectivity index (χ1) is 9.35.